The van der Waals surface area contributed by atoms with Gasteiger partial charge in [-0.3, -0.25) is 9.59 Å². The van der Waals surface area contributed by atoms with Crippen molar-refractivity contribution < 1.29 is 14.7 Å². The molecule has 1 aliphatic heterocycles. The fourth-order valence-electron chi connectivity index (χ4n) is 4.52. The van der Waals surface area contributed by atoms with E-state index in [1.165, 1.54) is 11.1 Å². The monoisotopic (exact) mass is 299 g/mol. The summed E-state index contributed by atoms with van der Waals surface area (Å²) in [6.07, 6.45) is 4.57. The maximum Gasteiger partial charge on any atom is 0.308 e. The summed E-state index contributed by atoms with van der Waals surface area (Å²) >= 11 is 0. The summed E-state index contributed by atoms with van der Waals surface area (Å²) < 4.78 is 0. The zero-order chi connectivity index (χ0) is 15.3. The Bertz CT molecular complexity index is 641. The number of piperidine rings is 1. The number of carboxylic acid groups (broad SMARTS) is 1. The number of amides is 1. The Morgan fingerprint density at radius 3 is 2.91 bits per heavy atom. The highest BCUT2D eigenvalue weighted by molar-refractivity contribution is 5.85. The van der Waals surface area contributed by atoms with Crippen molar-refractivity contribution in [1.29, 1.82) is 0 Å². The first kappa shape index (κ1) is 13.8. The number of nitrogens with zero attached hydrogens (tertiary/aromatic N) is 1. The van der Waals surface area contributed by atoms with Gasteiger partial charge in [0.25, 0.3) is 0 Å². The first-order valence-corrected chi connectivity index (χ1v) is 8.22. The first-order valence-electron chi connectivity index (χ1n) is 8.22. The van der Waals surface area contributed by atoms with Crippen molar-refractivity contribution >= 4 is 11.9 Å². The van der Waals surface area contributed by atoms with E-state index in [-0.39, 0.29) is 23.2 Å². The standard InChI is InChI=1S/C18H21NO3/c20-16(19-9-3-5-13(11-19)17(21)22)15-10-18(15)8-7-12-4-1-2-6-14(12)18/h1-2,4,6,13,15H,3,5,7-11H2,(H,21,22)/t13-,15?,18?/m0/s1. The van der Waals surface area contributed by atoms with Crippen LogP contribution in [-0.4, -0.2) is 35.0 Å². The number of fused-ring (bicyclic) bond motifs is 2. The van der Waals surface area contributed by atoms with Gasteiger partial charge in [0.15, 0.2) is 0 Å². The van der Waals surface area contributed by atoms with Crippen molar-refractivity contribution in [3.63, 3.8) is 0 Å². The van der Waals surface area contributed by atoms with Gasteiger partial charge in [-0.25, -0.2) is 0 Å². The minimum absolute atomic E-state index is 0.0594. The molecule has 2 fully saturated rings. The molecule has 0 radical (unpaired) electrons. The van der Waals surface area contributed by atoms with Crippen molar-refractivity contribution in [3.05, 3.63) is 35.4 Å². The summed E-state index contributed by atoms with van der Waals surface area (Å²) in [7, 11) is 0. The number of carbonyl (C=O) groups is 2. The Morgan fingerprint density at radius 2 is 2.09 bits per heavy atom. The molecular formula is C18H21NO3. The minimum Gasteiger partial charge on any atom is -0.481 e. The van der Waals surface area contributed by atoms with Crippen LogP contribution in [-0.2, 0) is 21.4 Å². The van der Waals surface area contributed by atoms with Crippen molar-refractivity contribution in [2.24, 2.45) is 11.8 Å². The molecule has 2 unspecified atom stereocenters. The number of carboxylic acids is 1. The van der Waals surface area contributed by atoms with Gasteiger partial charge >= 0.3 is 5.97 Å². The summed E-state index contributed by atoms with van der Waals surface area (Å²) in [6, 6.07) is 8.48. The fraction of sp³-hybridized carbons (Fsp3) is 0.556. The summed E-state index contributed by atoms with van der Waals surface area (Å²) in [5.41, 5.74) is 2.81. The predicted molar refractivity (Wildman–Crippen MR) is 81.5 cm³/mol. The van der Waals surface area contributed by atoms with E-state index >= 15 is 0 Å². The number of hydrogen-bond donors (Lipinski definition) is 1. The molecule has 4 rings (SSSR count). The molecule has 1 saturated heterocycles. The highest BCUT2D eigenvalue weighted by Crippen LogP contribution is 2.62. The summed E-state index contributed by atoms with van der Waals surface area (Å²) in [5.74, 6) is -0.899. The molecule has 1 saturated carbocycles. The van der Waals surface area contributed by atoms with Crippen LogP contribution in [0.3, 0.4) is 0 Å². The number of aliphatic carboxylic acids is 1. The lowest BCUT2D eigenvalue weighted by atomic mass is 9.93. The van der Waals surface area contributed by atoms with E-state index < -0.39 is 5.97 Å². The third-order valence-corrected chi connectivity index (χ3v) is 5.85. The van der Waals surface area contributed by atoms with Crippen molar-refractivity contribution in [2.75, 3.05) is 13.1 Å². The Hall–Kier alpha value is -1.84. The summed E-state index contributed by atoms with van der Waals surface area (Å²) in [6.45, 7) is 1.11. The van der Waals surface area contributed by atoms with Gasteiger partial charge in [-0.15, -0.1) is 0 Å². The second-order valence-corrected chi connectivity index (χ2v) is 7.03. The average Bonchev–Trinajstić information content (AvgIpc) is 3.16. The lowest BCUT2D eigenvalue weighted by molar-refractivity contribution is -0.146. The topological polar surface area (TPSA) is 57.6 Å². The van der Waals surface area contributed by atoms with Crippen molar-refractivity contribution in [3.8, 4) is 0 Å². The Kier molecular flexibility index (Phi) is 3.03. The van der Waals surface area contributed by atoms with Gasteiger partial charge in [0.05, 0.1) is 5.92 Å². The first-order chi connectivity index (χ1) is 10.6. The fourth-order valence-corrected chi connectivity index (χ4v) is 4.52. The van der Waals surface area contributed by atoms with E-state index in [9.17, 15) is 14.7 Å². The SMILES string of the molecule is O=C(O)[C@H]1CCCN(C(=O)C2CC23CCc2ccccc23)C1. The van der Waals surface area contributed by atoms with Gasteiger partial charge < -0.3 is 10.0 Å². The Labute approximate surface area is 130 Å². The van der Waals surface area contributed by atoms with E-state index in [2.05, 4.69) is 24.3 Å². The van der Waals surface area contributed by atoms with Crippen molar-refractivity contribution in [2.45, 2.75) is 37.5 Å². The van der Waals surface area contributed by atoms with Gasteiger partial charge in [-0.05, 0) is 43.2 Å². The highest BCUT2D eigenvalue weighted by atomic mass is 16.4. The van der Waals surface area contributed by atoms with Crippen LogP contribution in [0.1, 0.15) is 36.8 Å². The zero-order valence-corrected chi connectivity index (χ0v) is 12.6. The second-order valence-electron chi connectivity index (χ2n) is 7.03. The second kappa shape index (κ2) is 4.83. The molecule has 3 atom stereocenters. The zero-order valence-electron chi connectivity index (χ0n) is 12.6. The van der Waals surface area contributed by atoms with Gasteiger partial charge in [0, 0.05) is 24.4 Å². The molecule has 2 aliphatic carbocycles. The van der Waals surface area contributed by atoms with Crippen LogP contribution in [0, 0.1) is 11.8 Å². The number of hydrogen-bond acceptors (Lipinski definition) is 2. The van der Waals surface area contributed by atoms with Gasteiger partial charge in [0.2, 0.25) is 5.91 Å². The number of likely N-dealkylation sites (tertiary alicyclic amines) is 1. The van der Waals surface area contributed by atoms with Crippen molar-refractivity contribution in [1.82, 2.24) is 4.90 Å². The number of carbonyl (C=O) groups excluding carboxylic acids is 1. The smallest absolute Gasteiger partial charge is 0.308 e. The van der Waals surface area contributed by atoms with E-state index in [1.807, 2.05) is 4.90 Å². The van der Waals surface area contributed by atoms with E-state index in [0.29, 0.717) is 13.0 Å². The number of aryl methyl sites for hydroxylation is 1. The normalized spacial score (nSPS) is 32.8. The molecule has 0 bridgehead atoms. The van der Waals surface area contributed by atoms with Crippen LogP contribution in [0.4, 0.5) is 0 Å². The molecule has 22 heavy (non-hydrogen) atoms. The minimum atomic E-state index is -0.769. The van der Waals surface area contributed by atoms with Crippen LogP contribution in [0.15, 0.2) is 24.3 Å². The molecule has 3 aliphatic rings. The summed E-state index contributed by atoms with van der Waals surface area (Å²) in [5, 5.41) is 9.19. The lowest BCUT2D eigenvalue weighted by Gasteiger charge is -2.31. The molecule has 1 spiro atoms. The molecule has 116 valence electrons. The molecular weight excluding hydrogens is 278 g/mol. The predicted octanol–water partition coefficient (Wildman–Crippen LogP) is 2.21. The Morgan fingerprint density at radius 1 is 1.27 bits per heavy atom. The molecule has 1 heterocycles. The van der Waals surface area contributed by atoms with E-state index in [1.54, 1.807) is 0 Å². The maximum absolute atomic E-state index is 12.8. The molecule has 1 N–H and O–H groups in total. The quantitative estimate of drug-likeness (QED) is 0.911. The average molecular weight is 299 g/mol. The molecule has 1 amide bonds. The van der Waals surface area contributed by atoms with Crippen LogP contribution < -0.4 is 0 Å². The lowest BCUT2D eigenvalue weighted by Crippen LogP contribution is -2.43. The molecule has 1 aromatic rings. The van der Waals surface area contributed by atoms with Crippen LogP contribution in [0.2, 0.25) is 0 Å². The maximum atomic E-state index is 12.8. The van der Waals surface area contributed by atoms with Gasteiger partial charge in [-0.2, -0.15) is 0 Å². The number of rotatable bonds is 2. The van der Waals surface area contributed by atoms with E-state index in [0.717, 1.165) is 32.2 Å². The van der Waals surface area contributed by atoms with E-state index in [4.69, 9.17) is 0 Å². The van der Waals surface area contributed by atoms with Crippen LogP contribution in [0.5, 0.6) is 0 Å². The van der Waals surface area contributed by atoms with Crippen LogP contribution in [0.25, 0.3) is 0 Å². The Balaban J connectivity index is 1.51. The largest absolute Gasteiger partial charge is 0.481 e. The molecule has 4 nitrogen and oxygen atoms in total. The van der Waals surface area contributed by atoms with Gasteiger partial charge in [0.1, 0.15) is 0 Å². The van der Waals surface area contributed by atoms with Gasteiger partial charge in [-0.1, -0.05) is 24.3 Å². The molecule has 1 aromatic carbocycles. The highest BCUT2D eigenvalue weighted by Gasteiger charge is 2.62. The molecule has 4 heteroatoms. The third kappa shape index (κ3) is 1.97. The summed E-state index contributed by atoms with van der Waals surface area (Å²) in [4.78, 5) is 25.8. The third-order valence-electron chi connectivity index (χ3n) is 5.85. The number of benzene rings is 1. The van der Waals surface area contributed by atoms with Crippen LogP contribution >= 0.6 is 0 Å². The molecule has 0 aromatic heterocycles.